The number of hydrogen-bond acceptors (Lipinski definition) is 2. The second-order valence-electron chi connectivity index (χ2n) is 0.734. The van der Waals surface area contributed by atoms with Gasteiger partial charge in [0.15, 0.2) is 0 Å². The molecular weight excluding hydrogens is 70.0 g/mol. The molecule has 0 aromatic rings. The standard InChI is InChI=1S/C2H6NO2/c3-2(5)1-4/h2,5H,1,3H2. The molecule has 0 aromatic heterocycles. The van der Waals surface area contributed by atoms with Crippen molar-refractivity contribution < 1.29 is 10.2 Å². The van der Waals surface area contributed by atoms with E-state index in [2.05, 4.69) is 5.73 Å². The Labute approximate surface area is 30.0 Å². The van der Waals surface area contributed by atoms with Crippen LogP contribution >= 0.6 is 0 Å². The summed E-state index contributed by atoms with van der Waals surface area (Å²) in [6, 6.07) is 0. The molecule has 3 nitrogen and oxygen atoms in total. The van der Waals surface area contributed by atoms with Crippen molar-refractivity contribution in [1.82, 2.24) is 0 Å². The van der Waals surface area contributed by atoms with Gasteiger partial charge < -0.3 is 10.8 Å². The van der Waals surface area contributed by atoms with E-state index in [4.69, 9.17) is 5.11 Å². The minimum absolute atomic E-state index is 0.611. The van der Waals surface area contributed by atoms with Crippen LogP contribution in [0.25, 0.3) is 0 Å². The van der Waals surface area contributed by atoms with Gasteiger partial charge in [0.25, 0.3) is 0 Å². The molecule has 5 heavy (non-hydrogen) atoms. The first-order chi connectivity index (χ1) is 2.27. The van der Waals surface area contributed by atoms with Crippen molar-refractivity contribution in [1.29, 1.82) is 0 Å². The first kappa shape index (κ1) is 4.88. The minimum atomic E-state index is -1.17. The Balaban J connectivity index is 2.54. The lowest BCUT2D eigenvalue weighted by atomic mass is 10.7. The van der Waals surface area contributed by atoms with Gasteiger partial charge in [-0.25, -0.2) is 5.11 Å². The van der Waals surface area contributed by atoms with Gasteiger partial charge in [-0.3, -0.25) is 0 Å². The third kappa shape index (κ3) is 3.88. The predicted molar refractivity (Wildman–Crippen MR) is 15.7 cm³/mol. The molecule has 0 bridgehead atoms. The van der Waals surface area contributed by atoms with E-state index in [0.717, 1.165) is 0 Å². The van der Waals surface area contributed by atoms with E-state index in [1.165, 1.54) is 0 Å². The molecule has 0 spiro atoms. The molecule has 0 amide bonds. The van der Waals surface area contributed by atoms with Gasteiger partial charge >= 0.3 is 0 Å². The summed E-state index contributed by atoms with van der Waals surface area (Å²) in [5.74, 6) is 0. The zero-order valence-corrected chi connectivity index (χ0v) is 2.72. The molecule has 0 rings (SSSR count). The quantitative estimate of drug-likeness (QED) is 0.381. The second-order valence-corrected chi connectivity index (χ2v) is 0.734. The number of aliphatic hydroxyl groups is 1. The van der Waals surface area contributed by atoms with Crippen LogP contribution in [-0.4, -0.2) is 17.9 Å². The molecule has 0 aromatic carbocycles. The number of nitrogens with two attached hydrogens (primary N) is 1. The topological polar surface area (TPSA) is 66.2 Å². The van der Waals surface area contributed by atoms with Crippen LogP contribution in [0, 0.1) is 0 Å². The fourth-order valence-corrected chi connectivity index (χ4v) is 0. The van der Waals surface area contributed by atoms with E-state index < -0.39 is 12.8 Å². The molecule has 3 N–H and O–H groups in total. The minimum Gasteiger partial charge on any atom is -0.376 e. The summed E-state index contributed by atoms with van der Waals surface area (Å²) in [7, 11) is 0. The normalized spacial score (nSPS) is 15.0. The second kappa shape index (κ2) is 2.14. The van der Waals surface area contributed by atoms with Crippen LogP contribution < -0.4 is 5.73 Å². The van der Waals surface area contributed by atoms with Crippen LogP contribution in [0.4, 0.5) is 0 Å². The molecule has 1 unspecified atom stereocenters. The third-order valence-electron chi connectivity index (χ3n) is 0.171. The Morgan fingerprint density at radius 2 is 2.20 bits per heavy atom. The van der Waals surface area contributed by atoms with Crippen molar-refractivity contribution in [3.05, 3.63) is 0 Å². The summed E-state index contributed by atoms with van der Waals surface area (Å²) in [4.78, 5) is 0. The van der Waals surface area contributed by atoms with Crippen molar-refractivity contribution in [2.45, 2.75) is 6.23 Å². The first-order valence-corrected chi connectivity index (χ1v) is 1.29. The maximum atomic E-state index is 9.25. The van der Waals surface area contributed by atoms with Crippen LogP contribution in [0.15, 0.2) is 0 Å². The summed E-state index contributed by atoms with van der Waals surface area (Å²) in [6.07, 6.45) is -1.17. The van der Waals surface area contributed by atoms with Gasteiger partial charge in [-0.05, 0) is 0 Å². The lowest BCUT2D eigenvalue weighted by Crippen LogP contribution is -2.21. The average Bonchev–Trinajstić information content (AvgIpc) is 1.38. The van der Waals surface area contributed by atoms with E-state index in [0.29, 0.717) is 0 Å². The Hall–Kier alpha value is -0.120. The fourth-order valence-electron chi connectivity index (χ4n) is 0. The van der Waals surface area contributed by atoms with Gasteiger partial charge in [0.2, 0.25) is 0 Å². The van der Waals surface area contributed by atoms with Gasteiger partial charge in [-0.2, -0.15) is 0 Å². The SMILES string of the molecule is NC(O)C[O]. The maximum Gasteiger partial charge on any atom is 0.129 e. The van der Waals surface area contributed by atoms with E-state index in [1.807, 2.05) is 0 Å². The molecule has 0 saturated heterocycles. The van der Waals surface area contributed by atoms with Crippen molar-refractivity contribution in [3.8, 4) is 0 Å². The molecule has 0 fully saturated rings. The molecule has 1 radical (unpaired) electrons. The Kier molecular flexibility index (Phi) is 2.09. The Morgan fingerprint density at radius 3 is 2.20 bits per heavy atom. The van der Waals surface area contributed by atoms with Crippen molar-refractivity contribution >= 4 is 0 Å². The van der Waals surface area contributed by atoms with Crippen LogP contribution in [0.5, 0.6) is 0 Å². The molecule has 0 saturated carbocycles. The molecule has 0 aliphatic rings. The predicted octanol–water partition coefficient (Wildman–Crippen LogP) is -1.31. The average molecular weight is 76.1 g/mol. The van der Waals surface area contributed by atoms with Gasteiger partial charge in [0, 0.05) is 0 Å². The first-order valence-electron chi connectivity index (χ1n) is 1.29. The summed E-state index contributed by atoms with van der Waals surface area (Å²) >= 11 is 0. The fraction of sp³-hybridized carbons (Fsp3) is 1.00. The van der Waals surface area contributed by atoms with Gasteiger partial charge in [-0.15, -0.1) is 0 Å². The van der Waals surface area contributed by atoms with Gasteiger partial charge in [-0.1, -0.05) is 0 Å². The molecule has 1 atom stereocenters. The van der Waals surface area contributed by atoms with Gasteiger partial charge in [0.05, 0.1) is 0 Å². The van der Waals surface area contributed by atoms with E-state index in [1.54, 1.807) is 0 Å². The molecular formula is C2H6NO2. The lowest BCUT2D eigenvalue weighted by molar-refractivity contribution is 0.0597. The highest BCUT2D eigenvalue weighted by atomic mass is 16.3. The highest BCUT2D eigenvalue weighted by molar-refractivity contribution is 4.30. The Bertz CT molecular complexity index is 21.6. The number of rotatable bonds is 1. The highest BCUT2D eigenvalue weighted by Crippen LogP contribution is 1.57. The van der Waals surface area contributed by atoms with Crippen LogP contribution in [-0.2, 0) is 5.11 Å². The van der Waals surface area contributed by atoms with Crippen LogP contribution in [0.1, 0.15) is 0 Å². The molecule has 0 aliphatic heterocycles. The van der Waals surface area contributed by atoms with Crippen molar-refractivity contribution in [2.24, 2.45) is 5.73 Å². The summed E-state index contributed by atoms with van der Waals surface area (Å²) in [5, 5.41) is 17.1. The highest BCUT2D eigenvalue weighted by Gasteiger charge is 1.85. The monoisotopic (exact) mass is 76.0 g/mol. The third-order valence-corrected chi connectivity index (χ3v) is 0.171. The van der Waals surface area contributed by atoms with Gasteiger partial charge in [0.1, 0.15) is 12.8 Å². The van der Waals surface area contributed by atoms with E-state index in [9.17, 15) is 5.11 Å². The summed E-state index contributed by atoms with van der Waals surface area (Å²) in [5.41, 5.74) is 4.53. The largest absolute Gasteiger partial charge is 0.376 e. The molecule has 31 valence electrons. The van der Waals surface area contributed by atoms with Crippen LogP contribution in [0.2, 0.25) is 0 Å². The molecule has 0 heterocycles. The molecule has 3 heteroatoms. The smallest absolute Gasteiger partial charge is 0.129 e. The number of aliphatic hydroxyl groups excluding tert-OH is 1. The van der Waals surface area contributed by atoms with Crippen LogP contribution in [0.3, 0.4) is 0 Å². The lowest BCUT2D eigenvalue weighted by Gasteiger charge is -1.88. The van der Waals surface area contributed by atoms with Crippen molar-refractivity contribution in [3.63, 3.8) is 0 Å². The zero-order valence-electron chi connectivity index (χ0n) is 2.72. The van der Waals surface area contributed by atoms with E-state index >= 15 is 0 Å². The maximum absolute atomic E-state index is 9.25. The van der Waals surface area contributed by atoms with E-state index in [-0.39, 0.29) is 0 Å². The van der Waals surface area contributed by atoms with Crippen molar-refractivity contribution in [2.75, 3.05) is 6.61 Å². The Morgan fingerprint density at radius 1 is 2.00 bits per heavy atom. The molecule has 0 aliphatic carbocycles. The summed E-state index contributed by atoms with van der Waals surface area (Å²) in [6.45, 7) is -0.611. The summed E-state index contributed by atoms with van der Waals surface area (Å²) < 4.78 is 0. The number of hydrogen-bond donors (Lipinski definition) is 2. The zero-order chi connectivity index (χ0) is 4.28.